The lowest BCUT2D eigenvalue weighted by atomic mass is 10.2. The van der Waals surface area contributed by atoms with Crippen molar-refractivity contribution in [2.24, 2.45) is 0 Å². The fraction of sp³-hybridized carbons (Fsp3) is 0. The van der Waals surface area contributed by atoms with Crippen LogP contribution in [0.3, 0.4) is 0 Å². The Morgan fingerprint density at radius 3 is 0.844 bits per heavy atom. The molecule has 0 unspecified atom stereocenters. The zero-order chi connectivity index (χ0) is 22.9. The Morgan fingerprint density at radius 1 is 0.406 bits per heavy atom. The number of nitrogens with one attached hydrogen (secondary N) is 2. The third-order valence-electron chi connectivity index (χ3n) is 5.03. The Kier molecular flexibility index (Phi) is 3.71. The number of aromatic hydroxyl groups is 4. The third kappa shape index (κ3) is 2.56. The van der Waals surface area contributed by atoms with Gasteiger partial charge in [-0.3, -0.25) is 0 Å². The number of fused-ring (bicyclic) bond motifs is 8. The van der Waals surface area contributed by atoms with E-state index in [0.717, 1.165) is 24.3 Å². The van der Waals surface area contributed by atoms with E-state index in [1.54, 1.807) is 0 Å². The highest BCUT2D eigenvalue weighted by Crippen LogP contribution is 2.39. The van der Waals surface area contributed by atoms with Gasteiger partial charge in [-0.05, 0) is 24.3 Å². The lowest BCUT2D eigenvalue weighted by Crippen LogP contribution is -1.81. The number of nitrogens with zero attached hydrogens (tertiary/aromatic N) is 2. The number of rotatable bonds is 0. The molecule has 2 aliphatic rings. The summed E-state index contributed by atoms with van der Waals surface area (Å²) in [5.74, 6) is -4.95. The Morgan fingerprint density at radius 2 is 0.625 bits per heavy atom. The predicted molar refractivity (Wildman–Crippen MR) is 112 cm³/mol. The molecule has 3 aromatic heterocycles. The first-order valence-corrected chi connectivity index (χ1v) is 8.99. The molecule has 3 aromatic rings. The molecule has 0 atom stereocenters. The number of aliphatic hydroxyl groups excluding tert-OH is 4. The topological polar surface area (TPSA) is 219 Å². The van der Waals surface area contributed by atoms with Gasteiger partial charge in [-0.1, -0.05) is 0 Å². The van der Waals surface area contributed by atoms with Crippen LogP contribution in [0.2, 0.25) is 0 Å². The third-order valence-corrected chi connectivity index (χ3v) is 5.03. The normalized spacial score (nSPS) is 13.8. The monoisotopic (exact) mass is 438 g/mol. The summed E-state index contributed by atoms with van der Waals surface area (Å²) in [4.78, 5) is 13.4. The van der Waals surface area contributed by atoms with Crippen LogP contribution in [-0.4, -0.2) is 60.8 Å². The molecule has 0 radical (unpaired) electrons. The first-order valence-electron chi connectivity index (χ1n) is 8.99. The van der Waals surface area contributed by atoms with Crippen molar-refractivity contribution in [3.8, 4) is 23.0 Å². The van der Waals surface area contributed by atoms with Crippen molar-refractivity contribution in [2.45, 2.75) is 0 Å². The molecule has 0 aromatic carbocycles. The lowest BCUT2D eigenvalue weighted by Gasteiger charge is -1.92. The second kappa shape index (κ2) is 6.25. The summed E-state index contributed by atoms with van der Waals surface area (Å²) in [6.45, 7) is 0. The number of aliphatic hydroxyl groups is 4. The van der Waals surface area contributed by atoms with Gasteiger partial charge >= 0.3 is 0 Å². The van der Waals surface area contributed by atoms with Crippen LogP contribution in [0.25, 0.3) is 45.1 Å². The fourth-order valence-electron chi connectivity index (χ4n) is 3.36. The second-order valence-corrected chi connectivity index (χ2v) is 7.04. The van der Waals surface area contributed by atoms with E-state index < -0.39 is 46.0 Å². The molecule has 162 valence electrons. The van der Waals surface area contributed by atoms with E-state index in [1.807, 2.05) is 0 Å². The zero-order valence-electron chi connectivity index (χ0n) is 15.8. The minimum absolute atomic E-state index is 0.0927. The summed E-state index contributed by atoms with van der Waals surface area (Å²) in [6.07, 6.45) is 0. The van der Waals surface area contributed by atoms with Gasteiger partial charge in [0.25, 0.3) is 0 Å². The van der Waals surface area contributed by atoms with Crippen molar-refractivity contribution in [2.75, 3.05) is 0 Å². The van der Waals surface area contributed by atoms with Crippen molar-refractivity contribution in [3.63, 3.8) is 0 Å². The average molecular weight is 438 g/mol. The molecular formula is C20H14N4O8. The molecule has 0 aliphatic carbocycles. The largest absolute Gasteiger partial charge is 0.503 e. The van der Waals surface area contributed by atoms with Crippen molar-refractivity contribution >= 4 is 45.1 Å². The van der Waals surface area contributed by atoms with Gasteiger partial charge in [0, 0.05) is 0 Å². The Bertz CT molecular complexity index is 1340. The number of H-pyrrole nitrogens is 2. The number of aromatic amines is 2. The molecule has 8 bridgehead atoms. The molecular weight excluding hydrogens is 424 g/mol. The van der Waals surface area contributed by atoms with Crippen LogP contribution in [0.4, 0.5) is 0 Å². The Hall–Kier alpha value is -5.00. The van der Waals surface area contributed by atoms with E-state index in [0.29, 0.717) is 0 Å². The van der Waals surface area contributed by atoms with Crippen LogP contribution in [0.5, 0.6) is 23.0 Å². The molecule has 10 N–H and O–H groups in total. The Labute approximate surface area is 176 Å². The molecule has 12 heteroatoms. The van der Waals surface area contributed by atoms with Crippen LogP contribution >= 0.6 is 0 Å². The fourth-order valence-corrected chi connectivity index (χ4v) is 3.36. The standard InChI is InChI=1S/C20H14N4O8/c25-13-5-1-6-14(26)16(28)8(22-6)3-10-18(30)20(32)12(24-10)4-11-19(31)17(29)9(23-11)2-7(21-5)15(13)27/h1-4,21,24-32H. The van der Waals surface area contributed by atoms with Gasteiger partial charge in [0.2, 0.25) is 0 Å². The quantitative estimate of drug-likeness (QED) is 0.247. The molecule has 32 heavy (non-hydrogen) atoms. The van der Waals surface area contributed by atoms with Gasteiger partial charge in [0.15, 0.2) is 46.0 Å². The first-order chi connectivity index (χ1) is 15.2. The highest BCUT2D eigenvalue weighted by Gasteiger charge is 2.23. The summed E-state index contributed by atoms with van der Waals surface area (Å²) in [7, 11) is 0. The zero-order valence-corrected chi connectivity index (χ0v) is 15.8. The number of hydrogen-bond acceptors (Lipinski definition) is 10. The summed E-state index contributed by atoms with van der Waals surface area (Å²) < 4.78 is 0. The van der Waals surface area contributed by atoms with Gasteiger partial charge in [-0.15, -0.1) is 0 Å². The summed E-state index contributed by atoms with van der Waals surface area (Å²) in [6, 6.07) is 4.54. The molecule has 0 saturated heterocycles. The smallest absolute Gasteiger partial charge is 0.186 e. The maximum atomic E-state index is 10.2. The summed E-state index contributed by atoms with van der Waals surface area (Å²) in [5.41, 5.74) is -1.09. The highest BCUT2D eigenvalue weighted by atomic mass is 16.3. The highest BCUT2D eigenvalue weighted by molar-refractivity contribution is 5.91. The molecule has 0 amide bonds. The van der Waals surface area contributed by atoms with E-state index in [9.17, 15) is 40.9 Å². The van der Waals surface area contributed by atoms with E-state index in [-0.39, 0.29) is 44.8 Å². The van der Waals surface area contributed by atoms with E-state index in [2.05, 4.69) is 19.9 Å². The van der Waals surface area contributed by atoms with Gasteiger partial charge in [-0.25, -0.2) is 9.97 Å². The number of aromatic nitrogens is 4. The van der Waals surface area contributed by atoms with Gasteiger partial charge < -0.3 is 50.8 Å². The van der Waals surface area contributed by atoms with Crippen LogP contribution in [0.15, 0.2) is 24.3 Å². The maximum Gasteiger partial charge on any atom is 0.186 e. The first kappa shape index (κ1) is 19.0. The molecule has 2 aliphatic heterocycles. The summed E-state index contributed by atoms with van der Waals surface area (Å²) in [5, 5.41) is 81.8. The Balaban J connectivity index is 1.99. The van der Waals surface area contributed by atoms with E-state index >= 15 is 0 Å². The molecule has 0 fully saturated rings. The van der Waals surface area contributed by atoms with E-state index in [4.69, 9.17) is 0 Å². The SMILES string of the molecule is OC1=C(O)c2cc3[nH]c(cc4nc(cc5[nH]c(cc1n2)c(O)c5O)C(O)=C4O)c(O)c3O. The lowest BCUT2D eigenvalue weighted by molar-refractivity contribution is 0.414. The van der Waals surface area contributed by atoms with Crippen LogP contribution in [0.1, 0.15) is 22.8 Å². The average Bonchev–Trinajstić information content (AvgIpc) is 3.37. The number of hydrogen-bond donors (Lipinski definition) is 10. The molecule has 5 heterocycles. The van der Waals surface area contributed by atoms with Crippen molar-refractivity contribution in [3.05, 3.63) is 47.0 Å². The van der Waals surface area contributed by atoms with Gasteiger partial charge in [0.1, 0.15) is 22.8 Å². The molecule has 0 spiro atoms. The van der Waals surface area contributed by atoms with Gasteiger partial charge in [0.05, 0.1) is 22.1 Å². The predicted octanol–water partition coefficient (Wildman–Crippen LogP) is 3.02. The molecule has 12 nitrogen and oxygen atoms in total. The van der Waals surface area contributed by atoms with Crippen LogP contribution in [0, 0.1) is 0 Å². The minimum Gasteiger partial charge on any atom is -0.503 e. The molecule has 0 saturated carbocycles. The van der Waals surface area contributed by atoms with Crippen LogP contribution < -0.4 is 0 Å². The van der Waals surface area contributed by atoms with Gasteiger partial charge in [-0.2, -0.15) is 0 Å². The maximum absolute atomic E-state index is 10.2. The minimum atomic E-state index is -0.633. The van der Waals surface area contributed by atoms with Crippen molar-refractivity contribution < 1.29 is 40.9 Å². The summed E-state index contributed by atoms with van der Waals surface area (Å²) >= 11 is 0. The van der Waals surface area contributed by atoms with Crippen LogP contribution in [-0.2, 0) is 0 Å². The van der Waals surface area contributed by atoms with Crippen molar-refractivity contribution in [1.29, 1.82) is 0 Å². The molecule has 5 rings (SSSR count). The van der Waals surface area contributed by atoms with Crippen molar-refractivity contribution in [1.82, 2.24) is 19.9 Å². The van der Waals surface area contributed by atoms with E-state index in [1.165, 1.54) is 0 Å². The second-order valence-electron chi connectivity index (χ2n) is 7.04.